The fourth-order valence-corrected chi connectivity index (χ4v) is 3.61. The van der Waals surface area contributed by atoms with Crippen molar-refractivity contribution in [3.63, 3.8) is 0 Å². The van der Waals surface area contributed by atoms with E-state index < -0.39 is 0 Å². The minimum absolute atomic E-state index is 0.0972. The molecule has 0 radical (unpaired) electrons. The molecule has 0 bridgehead atoms. The molecule has 1 aliphatic rings. The Morgan fingerprint density at radius 2 is 1.90 bits per heavy atom. The van der Waals surface area contributed by atoms with Gasteiger partial charge in [0.05, 0.1) is 19.4 Å². The van der Waals surface area contributed by atoms with Gasteiger partial charge in [0.2, 0.25) is 5.91 Å². The third-order valence-corrected chi connectivity index (χ3v) is 5.08. The fourth-order valence-electron chi connectivity index (χ4n) is 3.61. The van der Waals surface area contributed by atoms with Crippen LogP contribution in [0.15, 0.2) is 65.3 Å². The average Bonchev–Trinajstić information content (AvgIpc) is 3.27. The van der Waals surface area contributed by atoms with Crippen molar-refractivity contribution in [2.75, 3.05) is 23.3 Å². The van der Waals surface area contributed by atoms with Crippen LogP contribution in [0.5, 0.6) is 0 Å². The van der Waals surface area contributed by atoms with E-state index in [1.165, 1.54) is 24.3 Å². The number of hydrogen-bond acceptors (Lipinski definition) is 4. The maximum absolute atomic E-state index is 13.1. The first-order valence-corrected chi connectivity index (χ1v) is 9.83. The molecule has 2 aromatic carbocycles. The first kappa shape index (κ1) is 19.7. The third-order valence-electron chi connectivity index (χ3n) is 5.08. The van der Waals surface area contributed by atoms with Gasteiger partial charge < -0.3 is 20.0 Å². The molecule has 154 valence electrons. The molecule has 4 rings (SSSR count). The van der Waals surface area contributed by atoms with Crippen molar-refractivity contribution in [1.82, 2.24) is 5.32 Å². The highest BCUT2D eigenvalue weighted by Gasteiger charge is 2.22. The lowest BCUT2D eigenvalue weighted by atomic mass is 9.99. The molecular weight excluding hydrogens is 385 g/mol. The Bertz CT molecular complexity index is 1030. The van der Waals surface area contributed by atoms with E-state index in [2.05, 4.69) is 10.6 Å². The standard InChI is InChI=1S/C23H22FN3O3/c24-17-10-8-16(9-11-17)23(29)26-20-6-1-7-21-19(20)5-2-12-27(21)15-22(28)25-14-18-4-3-13-30-18/h1,3-4,6-11,13H,2,5,12,14-15H2,(H,25,28)(H,26,29). The van der Waals surface area contributed by atoms with Crippen LogP contribution in [0.3, 0.4) is 0 Å². The summed E-state index contributed by atoms with van der Waals surface area (Å²) in [5, 5.41) is 5.78. The number of hydrogen-bond donors (Lipinski definition) is 2. The minimum Gasteiger partial charge on any atom is -0.467 e. The molecule has 0 aliphatic carbocycles. The Morgan fingerprint density at radius 3 is 2.67 bits per heavy atom. The zero-order chi connectivity index (χ0) is 20.9. The Morgan fingerprint density at radius 1 is 1.07 bits per heavy atom. The molecule has 2 amide bonds. The summed E-state index contributed by atoms with van der Waals surface area (Å²) in [5.74, 6) is -0.0745. The summed E-state index contributed by atoms with van der Waals surface area (Å²) < 4.78 is 18.3. The Kier molecular flexibility index (Phi) is 5.79. The highest BCUT2D eigenvalue weighted by Crippen LogP contribution is 2.33. The minimum atomic E-state index is -0.385. The predicted octanol–water partition coefficient (Wildman–Crippen LogP) is 3.74. The second-order valence-corrected chi connectivity index (χ2v) is 7.15. The molecule has 0 saturated carbocycles. The van der Waals surface area contributed by atoms with E-state index in [0.29, 0.717) is 23.6 Å². The van der Waals surface area contributed by atoms with Gasteiger partial charge in [0.1, 0.15) is 11.6 Å². The number of furan rings is 1. The Labute approximate surface area is 173 Å². The normalized spacial score (nSPS) is 12.9. The summed E-state index contributed by atoms with van der Waals surface area (Å²) in [5.41, 5.74) is 3.03. The van der Waals surface area contributed by atoms with E-state index >= 15 is 0 Å². The molecule has 7 heteroatoms. The first-order chi connectivity index (χ1) is 14.6. The molecule has 0 unspecified atom stereocenters. The second kappa shape index (κ2) is 8.82. The van der Waals surface area contributed by atoms with Crippen LogP contribution in [0.2, 0.25) is 0 Å². The van der Waals surface area contributed by atoms with Gasteiger partial charge in [-0.05, 0) is 66.9 Å². The van der Waals surface area contributed by atoms with Gasteiger partial charge in [-0.15, -0.1) is 0 Å². The Balaban J connectivity index is 1.45. The fraction of sp³-hybridized carbons (Fsp3) is 0.217. The number of halogens is 1. The zero-order valence-electron chi connectivity index (χ0n) is 16.4. The number of fused-ring (bicyclic) bond motifs is 1. The highest BCUT2D eigenvalue weighted by atomic mass is 19.1. The number of nitrogens with one attached hydrogen (secondary N) is 2. The van der Waals surface area contributed by atoms with E-state index in [-0.39, 0.29) is 24.2 Å². The SMILES string of the molecule is O=C(CN1CCCc2c(NC(=O)c3ccc(F)cc3)cccc21)NCc1ccco1. The van der Waals surface area contributed by atoms with E-state index in [4.69, 9.17) is 4.42 Å². The zero-order valence-corrected chi connectivity index (χ0v) is 16.4. The molecule has 0 fully saturated rings. The molecule has 1 aliphatic heterocycles. The maximum atomic E-state index is 13.1. The smallest absolute Gasteiger partial charge is 0.255 e. The monoisotopic (exact) mass is 407 g/mol. The molecule has 0 spiro atoms. The van der Waals surface area contributed by atoms with E-state index in [1.807, 2.05) is 29.2 Å². The largest absolute Gasteiger partial charge is 0.467 e. The number of amides is 2. The lowest BCUT2D eigenvalue weighted by Gasteiger charge is -2.32. The van der Waals surface area contributed by atoms with Crippen LogP contribution in [0, 0.1) is 5.82 Å². The topological polar surface area (TPSA) is 74.6 Å². The summed E-state index contributed by atoms with van der Waals surface area (Å²) in [4.78, 5) is 27.0. The maximum Gasteiger partial charge on any atom is 0.255 e. The van der Waals surface area contributed by atoms with Crippen molar-refractivity contribution < 1.29 is 18.4 Å². The second-order valence-electron chi connectivity index (χ2n) is 7.15. The van der Waals surface area contributed by atoms with Crippen LogP contribution in [0.1, 0.15) is 28.1 Å². The number of nitrogens with zero attached hydrogens (tertiary/aromatic N) is 1. The van der Waals surface area contributed by atoms with Gasteiger partial charge in [0, 0.05) is 23.5 Å². The van der Waals surface area contributed by atoms with Crippen LogP contribution >= 0.6 is 0 Å². The number of carbonyl (C=O) groups excluding carboxylic acids is 2. The van der Waals surface area contributed by atoms with E-state index in [9.17, 15) is 14.0 Å². The van der Waals surface area contributed by atoms with Crippen LogP contribution in [0.4, 0.5) is 15.8 Å². The molecule has 30 heavy (non-hydrogen) atoms. The lowest BCUT2D eigenvalue weighted by Crippen LogP contribution is -2.39. The van der Waals surface area contributed by atoms with Gasteiger partial charge in [-0.1, -0.05) is 6.07 Å². The molecule has 1 aromatic heterocycles. The quantitative estimate of drug-likeness (QED) is 0.653. The summed E-state index contributed by atoms with van der Waals surface area (Å²) in [7, 11) is 0. The summed E-state index contributed by atoms with van der Waals surface area (Å²) >= 11 is 0. The van der Waals surface area contributed by atoms with Crippen LogP contribution in [-0.2, 0) is 17.8 Å². The van der Waals surface area contributed by atoms with Gasteiger partial charge in [-0.2, -0.15) is 0 Å². The molecule has 2 heterocycles. The first-order valence-electron chi connectivity index (χ1n) is 9.83. The number of carbonyl (C=O) groups is 2. The van der Waals surface area contributed by atoms with Crippen molar-refractivity contribution in [3.8, 4) is 0 Å². The molecular formula is C23H22FN3O3. The van der Waals surface area contributed by atoms with Crippen LogP contribution in [0.25, 0.3) is 0 Å². The van der Waals surface area contributed by atoms with Gasteiger partial charge in [0.25, 0.3) is 5.91 Å². The summed E-state index contributed by atoms with van der Waals surface area (Å²) in [6, 6.07) is 14.7. The van der Waals surface area contributed by atoms with Crippen molar-refractivity contribution in [2.45, 2.75) is 19.4 Å². The number of anilines is 2. The summed E-state index contributed by atoms with van der Waals surface area (Å²) in [6.45, 7) is 1.33. The summed E-state index contributed by atoms with van der Waals surface area (Å²) in [6.07, 6.45) is 3.26. The molecule has 0 saturated heterocycles. The Hall–Kier alpha value is -3.61. The number of benzene rings is 2. The molecule has 2 N–H and O–H groups in total. The van der Waals surface area contributed by atoms with Crippen molar-refractivity contribution in [2.24, 2.45) is 0 Å². The predicted molar refractivity (Wildman–Crippen MR) is 112 cm³/mol. The van der Waals surface area contributed by atoms with Gasteiger partial charge in [-0.3, -0.25) is 9.59 Å². The van der Waals surface area contributed by atoms with E-state index in [0.717, 1.165) is 30.6 Å². The molecule has 0 atom stereocenters. The van der Waals surface area contributed by atoms with Crippen molar-refractivity contribution in [3.05, 3.63) is 83.6 Å². The van der Waals surface area contributed by atoms with E-state index in [1.54, 1.807) is 12.3 Å². The third kappa shape index (κ3) is 4.51. The lowest BCUT2D eigenvalue weighted by molar-refractivity contribution is -0.120. The van der Waals surface area contributed by atoms with Crippen molar-refractivity contribution in [1.29, 1.82) is 0 Å². The van der Waals surface area contributed by atoms with Crippen LogP contribution in [-0.4, -0.2) is 24.9 Å². The van der Waals surface area contributed by atoms with Crippen LogP contribution < -0.4 is 15.5 Å². The van der Waals surface area contributed by atoms with Gasteiger partial charge in [0.15, 0.2) is 0 Å². The van der Waals surface area contributed by atoms with Gasteiger partial charge in [-0.25, -0.2) is 4.39 Å². The number of rotatable bonds is 6. The molecule has 3 aromatic rings. The average molecular weight is 407 g/mol. The highest BCUT2D eigenvalue weighted by molar-refractivity contribution is 6.05. The molecule has 6 nitrogen and oxygen atoms in total. The van der Waals surface area contributed by atoms with Crippen molar-refractivity contribution >= 4 is 23.2 Å². The van der Waals surface area contributed by atoms with Gasteiger partial charge >= 0.3 is 0 Å².